The number of benzene rings is 2. The number of amides is 1. The maximum atomic E-state index is 12.7. The van der Waals surface area contributed by atoms with Gasteiger partial charge in [-0.05, 0) is 60.4 Å². The minimum atomic E-state index is -0.105. The van der Waals surface area contributed by atoms with Gasteiger partial charge in [-0.2, -0.15) is 0 Å². The molecule has 0 saturated heterocycles. The summed E-state index contributed by atoms with van der Waals surface area (Å²) < 4.78 is 5.02. The summed E-state index contributed by atoms with van der Waals surface area (Å²) >= 11 is 0. The summed E-state index contributed by atoms with van der Waals surface area (Å²) in [6, 6.07) is 11.9. The molecule has 1 amide bonds. The quantitative estimate of drug-likeness (QED) is 0.350. The molecule has 1 fully saturated rings. The Kier molecular flexibility index (Phi) is 9.67. The zero-order chi connectivity index (χ0) is 25.4. The molecule has 2 aromatic carbocycles. The lowest BCUT2D eigenvalue weighted by Gasteiger charge is -2.22. The van der Waals surface area contributed by atoms with Gasteiger partial charge in [0.05, 0.1) is 6.61 Å². The third kappa shape index (κ3) is 7.53. The smallest absolute Gasteiger partial charge is 0.251 e. The van der Waals surface area contributed by atoms with Crippen LogP contribution in [0.15, 0.2) is 36.4 Å². The van der Waals surface area contributed by atoms with Crippen LogP contribution in [-0.4, -0.2) is 50.4 Å². The molecule has 1 aliphatic carbocycles. The molecule has 2 aromatic rings. The molecule has 0 radical (unpaired) electrons. The predicted molar refractivity (Wildman–Crippen MR) is 143 cm³/mol. The van der Waals surface area contributed by atoms with Crippen LogP contribution in [0.3, 0.4) is 0 Å². The number of rotatable bonds is 13. The standard InChI is InChI=1S/C30H40N2O3/c1-6-23(8-16-29(33)26-13-11-25(12-14-26)24-9-10-24)19-32(4)20-28-21(2)7-15-27(22(28)3)30(34)31-17-18-35-5/h7,11-15,20,23-24H,2,6,8-10,16-19H2,1,3-5H3,(H,31,34)/b28-20+. The first kappa shape index (κ1) is 26.7. The van der Waals surface area contributed by atoms with Gasteiger partial charge in [0.1, 0.15) is 0 Å². The number of nitrogens with one attached hydrogen (secondary N) is 1. The number of hydrogen-bond donors (Lipinski definition) is 1. The van der Waals surface area contributed by atoms with Crippen LogP contribution >= 0.6 is 0 Å². The molecular formula is C30H40N2O3. The van der Waals surface area contributed by atoms with Crippen molar-refractivity contribution in [3.05, 3.63) is 69.1 Å². The summed E-state index contributed by atoms with van der Waals surface area (Å²) in [4.78, 5) is 27.5. The molecule has 0 spiro atoms. The number of hydrogen-bond acceptors (Lipinski definition) is 4. The Bertz CT molecular complexity index is 1120. The van der Waals surface area contributed by atoms with E-state index in [9.17, 15) is 9.59 Å². The molecule has 1 unspecified atom stereocenters. The number of ether oxygens (including phenoxy) is 1. The van der Waals surface area contributed by atoms with E-state index in [-0.39, 0.29) is 11.7 Å². The van der Waals surface area contributed by atoms with E-state index in [1.165, 1.54) is 18.4 Å². The van der Waals surface area contributed by atoms with Crippen molar-refractivity contribution >= 4 is 24.5 Å². The van der Waals surface area contributed by atoms with Crippen LogP contribution < -0.4 is 15.8 Å². The first-order valence-electron chi connectivity index (χ1n) is 12.7. The summed E-state index contributed by atoms with van der Waals surface area (Å²) in [6.07, 6.45) is 7.05. The van der Waals surface area contributed by atoms with Crippen LogP contribution in [0.25, 0.3) is 12.8 Å². The van der Waals surface area contributed by atoms with E-state index in [2.05, 4.69) is 42.1 Å². The number of carbonyl (C=O) groups is 2. The average molecular weight is 477 g/mol. The fourth-order valence-corrected chi connectivity index (χ4v) is 4.51. The van der Waals surface area contributed by atoms with E-state index in [1.54, 1.807) is 7.11 Å². The molecule has 1 saturated carbocycles. The number of nitrogens with zero attached hydrogens (tertiary/aromatic N) is 1. The van der Waals surface area contributed by atoms with Crippen molar-refractivity contribution in [3.63, 3.8) is 0 Å². The molecule has 1 atom stereocenters. The van der Waals surface area contributed by atoms with Crippen molar-refractivity contribution < 1.29 is 14.3 Å². The maximum absolute atomic E-state index is 12.7. The van der Waals surface area contributed by atoms with Gasteiger partial charge >= 0.3 is 0 Å². The Hall–Kier alpha value is -2.92. The van der Waals surface area contributed by atoms with Gasteiger partial charge < -0.3 is 15.0 Å². The van der Waals surface area contributed by atoms with Gasteiger partial charge in [-0.1, -0.05) is 50.3 Å². The SMILES string of the molecule is C=c1ccc(C(=O)NCCOC)c(C)/c1=C/N(C)CC(CC)CCC(=O)c1ccc(C2CC2)cc1. The van der Waals surface area contributed by atoms with E-state index in [0.717, 1.165) is 41.0 Å². The average Bonchev–Trinajstić information content (AvgIpc) is 3.70. The predicted octanol–water partition coefficient (Wildman–Crippen LogP) is 4.02. The lowest BCUT2D eigenvalue weighted by molar-refractivity contribution is 0.0935. The molecule has 1 aliphatic rings. The summed E-state index contributed by atoms with van der Waals surface area (Å²) in [7, 11) is 3.66. The summed E-state index contributed by atoms with van der Waals surface area (Å²) in [5.74, 6) is 1.23. The summed E-state index contributed by atoms with van der Waals surface area (Å²) in [6.45, 7) is 10.1. The zero-order valence-corrected chi connectivity index (χ0v) is 21.7. The van der Waals surface area contributed by atoms with Crippen LogP contribution in [0.1, 0.15) is 76.8 Å². The van der Waals surface area contributed by atoms with Crippen molar-refractivity contribution in [2.45, 2.75) is 51.9 Å². The second-order valence-corrected chi connectivity index (χ2v) is 9.76. The van der Waals surface area contributed by atoms with Crippen LogP contribution in [0.4, 0.5) is 0 Å². The van der Waals surface area contributed by atoms with E-state index in [0.29, 0.717) is 37.0 Å². The molecule has 188 valence electrons. The van der Waals surface area contributed by atoms with Crippen LogP contribution in [0.2, 0.25) is 0 Å². The summed E-state index contributed by atoms with van der Waals surface area (Å²) in [5.41, 5.74) is 3.75. The highest BCUT2D eigenvalue weighted by atomic mass is 16.5. The molecule has 5 nitrogen and oxygen atoms in total. The third-order valence-corrected chi connectivity index (χ3v) is 6.98. The van der Waals surface area contributed by atoms with Crippen molar-refractivity contribution in [2.24, 2.45) is 5.92 Å². The minimum absolute atomic E-state index is 0.105. The topological polar surface area (TPSA) is 58.6 Å². The van der Waals surface area contributed by atoms with E-state index >= 15 is 0 Å². The molecule has 3 rings (SSSR count). The van der Waals surface area contributed by atoms with Crippen molar-refractivity contribution in [1.82, 2.24) is 10.2 Å². The largest absolute Gasteiger partial charge is 0.383 e. The van der Waals surface area contributed by atoms with Crippen LogP contribution in [0, 0.1) is 12.8 Å². The van der Waals surface area contributed by atoms with E-state index in [1.807, 2.05) is 38.2 Å². The first-order chi connectivity index (χ1) is 16.8. The van der Waals surface area contributed by atoms with Gasteiger partial charge in [-0.3, -0.25) is 9.59 Å². The molecule has 0 bridgehead atoms. The highest BCUT2D eigenvalue weighted by Crippen LogP contribution is 2.39. The molecular weight excluding hydrogens is 436 g/mol. The molecule has 1 N–H and O–H groups in total. The van der Waals surface area contributed by atoms with E-state index < -0.39 is 0 Å². The van der Waals surface area contributed by atoms with E-state index in [4.69, 9.17) is 4.74 Å². The van der Waals surface area contributed by atoms with Gasteiger partial charge in [0.25, 0.3) is 5.91 Å². The number of ketones is 1. The van der Waals surface area contributed by atoms with Gasteiger partial charge in [0.2, 0.25) is 0 Å². The lowest BCUT2D eigenvalue weighted by atomic mass is 9.95. The van der Waals surface area contributed by atoms with Crippen LogP contribution in [-0.2, 0) is 4.74 Å². The first-order valence-corrected chi connectivity index (χ1v) is 12.7. The second kappa shape index (κ2) is 12.7. The van der Waals surface area contributed by atoms with Crippen LogP contribution in [0.5, 0.6) is 0 Å². The fraction of sp³-hybridized carbons (Fsp3) is 0.467. The second-order valence-electron chi connectivity index (χ2n) is 9.76. The minimum Gasteiger partial charge on any atom is -0.383 e. The van der Waals surface area contributed by atoms with Gasteiger partial charge in [0, 0.05) is 56.2 Å². The Morgan fingerprint density at radius 2 is 1.91 bits per heavy atom. The zero-order valence-electron chi connectivity index (χ0n) is 21.7. The monoisotopic (exact) mass is 476 g/mol. The maximum Gasteiger partial charge on any atom is 0.251 e. The Balaban J connectivity index is 1.61. The lowest BCUT2D eigenvalue weighted by Crippen LogP contribution is -2.35. The van der Waals surface area contributed by atoms with Crippen molar-refractivity contribution in [3.8, 4) is 0 Å². The van der Waals surface area contributed by atoms with Gasteiger partial charge in [0.15, 0.2) is 5.78 Å². The number of Topliss-reactive ketones (excluding diaryl/α,β-unsaturated/α-hetero) is 1. The molecule has 0 heterocycles. The van der Waals surface area contributed by atoms with Crippen molar-refractivity contribution in [1.29, 1.82) is 0 Å². The summed E-state index contributed by atoms with van der Waals surface area (Å²) in [5, 5.41) is 4.75. The van der Waals surface area contributed by atoms with Gasteiger partial charge in [-0.25, -0.2) is 0 Å². The number of methoxy groups -OCH3 is 1. The highest BCUT2D eigenvalue weighted by Gasteiger charge is 2.23. The Morgan fingerprint density at radius 1 is 1.20 bits per heavy atom. The Morgan fingerprint density at radius 3 is 2.54 bits per heavy atom. The normalized spacial score (nSPS) is 14.6. The molecule has 5 heteroatoms. The number of carbonyl (C=O) groups excluding carboxylic acids is 2. The fourth-order valence-electron chi connectivity index (χ4n) is 4.51. The third-order valence-electron chi connectivity index (χ3n) is 6.98. The van der Waals surface area contributed by atoms with Crippen molar-refractivity contribution in [2.75, 3.05) is 33.9 Å². The van der Waals surface area contributed by atoms with Gasteiger partial charge in [-0.15, -0.1) is 0 Å². The molecule has 0 aromatic heterocycles. The molecule has 0 aliphatic heterocycles. The highest BCUT2D eigenvalue weighted by molar-refractivity contribution is 5.96. The molecule has 35 heavy (non-hydrogen) atoms. The Labute approximate surface area is 209 Å².